The van der Waals surface area contributed by atoms with E-state index in [0.717, 1.165) is 67.9 Å². The first-order valence-corrected chi connectivity index (χ1v) is 12.0. The third-order valence-electron chi connectivity index (χ3n) is 10.3. The molecule has 160 valence electrons. The molecule has 5 aliphatic rings. The van der Waals surface area contributed by atoms with Crippen molar-refractivity contribution in [3.8, 4) is 0 Å². The lowest BCUT2D eigenvalue weighted by molar-refractivity contribution is -0.163. The van der Waals surface area contributed by atoms with E-state index in [9.17, 15) is 15.1 Å². The molecule has 5 rings (SSSR count). The minimum Gasteiger partial charge on any atom is -0.481 e. The first-order valence-electron chi connectivity index (χ1n) is 12.0. The van der Waals surface area contributed by atoms with Gasteiger partial charge in [0.15, 0.2) is 0 Å². The Morgan fingerprint density at radius 2 is 1.62 bits per heavy atom. The third kappa shape index (κ3) is 2.84. The summed E-state index contributed by atoms with van der Waals surface area (Å²) in [6, 6.07) is 0. The summed E-state index contributed by atoms with van der Waals surface area (Å²) in [6.07, 6.45) is 12.1. The van der Waals surface area contributed by atoms with E-state index < -0.39 is 11.4 Å². The van der Waals surface area contributed by atoms with Crippen LogP contribution in [0.25, 0.3) is 0 Å². The third-order valence-corrected chi connectivity index (χ3v) is 10.3. The van der Waals surface area contributed by atoms with Gasteiger partial charge < -0.3 is 10.3 Å². The van der Waals surface area contributed by atoms with Crippen LogP contribution in [-0.4, -0.2) is 22.0 Å². The second-order valence-electron chi connectivity index (χ2n) is 11.2. The van der Waals surface area contributed by atoms with Crippen LogP contribution in [0.3, 0.4) is 0 Å². The van der Waals surface area contributed by atoms with Gasteiger partial charge in [-0.05, 0) is 125 Å². The monoisotopic (exact) mass is 399 g/mol. The SMILES string of the molecule is C=C(C)[C@@H]1CC[C@]2(C(=O)O)CC[C@H]3[C@@H]4CC[C@@H]5C/C(=N\O)CC[C@@H]5[C@H]4CC[C@@H]3[C@@H]12. The topological polar surface area (TPSA) is 69.9 Å². The number of hydrogen-bond donors (Lipinski definition) is 2. The first-order chi connectivity index (χ1) is 14.0. The average molecular weight is 400 g/mol. The molecule has 0 heterocycles. The highest BCUT2D eigenvalue weighted by atomic mass is 16.4. The zero-order valence-corrected chi connectivity index (χ0v) is 17.9. The van der Waals surface area contributed by atoms with E-state index in [-0.39, 0.29) is 0 Å². The van der Waals surface area contributed by atoms with Gasteiger partial charge in [-0.15, -0.1) is 0 Å². The predicted octanol–water partition coefficient (Wildman–Crippen LogP) is 5.75. The number of nitrogens with zero attached hydrogens (tertiary/aromatic N) is 1. The standard InChI is InChI=1S/C25H37NO3/c1-14(2)17-9-11-25(24(27)28)12-10-21-20-5-3-15-13-16(26-29)4-6-18(15)19(20)7-8-22(21)23(17)25/h15,17-23,29H,1,3-13H2,2H3,(H,27,28)/b26-16-/t15-,17+,18+,19-,20-,21+,22+,23-,25+/m1/s1. The van der Waals surface area contributed by atoms with Gasteiger partial charge in [0.1, 0.15) is 0 Å². The van der Waals surface area contributed by atoms with Crippen LogP contribution in [0.5, 0.6) is 0 Å². The predicted molar refractivity (Wildman–Crippen MR) is 113 cm³/mol. The van der Waals surface area contributed by atoms with Crippen LogP contribution in [0.15, 0.2) is 17.3 Å². The fourth-order valence-electron chi connectivity index (χ4n) is 9.26. The number of carbonyl (C=O) groups is 1. The molecule has 5 aliphatic carbocycles. The van der Waals surface area contributed by atoms with Crippen LogP contribution in [0.4, 0.5) is 0 Å². The normalized spacial score (nSPS) is 50.2. The lowest BCUT2D eigenvalue weighted by atomic mass is 9.46. The molecular formula is C25H37NO3. The molecule has 5 saturated carbocycles. The Kier molecular flexibility index (Phi) is 4.83. The van der Waals surface area contributed by atoms with Gasteiger partial charge in [-0.3, -0.25) is 4.79 Å². The van der Waals surface area contributed by atoms with E-state index in [2.05, 4.69) is 18.7 Å². The van der Waals surface area contributed by atoms with Crippen LogP contribution in [-0.2, 0) is 4.79 Å². The number of rotatable bonds is 2. The van der Waals surface area contributed by atoms with Gasteiger partial charge >= 0.3 is 5.97 Å². The van der Waals surface area contributed by atoms with Crippen molar-refractivity contribution >= 4 is 11.7 Å². The van der Waals surface area contributed by atoms with Gasteiger partial charge in [0, 0.05) is 0 Å². The summed E-state index contributed by atoms with van der Waals surface area (Å²) in [7, 11) is 0. The summed E-state index contributed by atoms with van der Waals surface area (Å²) in [4.78, 5) is 12.5. The minimum absolute atomic E-state index is 0.314. The second kappa shape index (κ2) is 7.13. The number of allylic oxidation sites excluding steroid dienone is 1. The van der Waals surface area contributed by atoms with Crippen molar-refractivity contribution in [2.75, 3.05) is 0 Å². The maximum Gasteiger partial charge on any atom is 0.309 e. The molecule has 9 atom stereocenters. The molecule has 0 aromatic rings. The molecule has 0 aliphatic heterocycles. The number of fused-ring (bicyclic) bond motifs is 7. The molecule has 0 amide bonds. The highest BCUT2D eigenvalue weighted by molar-refractivity contribution is 5.84. The van der Waals surface area contributed by atoms with Crippen molar-refractivity contribution in [1.29, 1.82) is 0 Å². The maximum atomic E-state index is 12.5. The molecule has 0 bridgehead atoms. The summed E-state index contributed by atoms with van der Waals surface area (Å²) >= 11 is 0. The summed E-state index contributed by atoms with van der Waals surface area (Å²) in [6.45, 7) is 6.41. The lowest BCUT2D eigenvalue weighted by Gasteiger charge is -2.58. The van der Waals surface area contributed by atoms with Crippen molar-refractivity contribution in [2.24, 2.45) is 57.9 Å². The summed E-state index contributed by atoms with van der Waals surface area (Å²) < 4.78 is 0. The summed E-state index contributed by atoms with van der Waals surface area (Å²) in [5.41, 5.74) is 1.75. The fraction of sp³-hybridized carbons (Fsp3) is 0.840. The van der Waals surface area contributed by atoms with Crippen LogP contribution in [0, 0.1) is 52.8 Å². The maximum absolute atomic E-state index is 12.5. The molecule has 0 radical (unpaired) electrons. The van der Waals surface area contributed by atoms with Crippen LogP contribution in [0.2, 0.25) is 0 Å². The van der Waals surface area contributed by atoms with Crippen molar-refractivity contribution in [3.05, 3.63) is 12.2 Å². The molecule has 2 N–H and O–H groups in total. The highest BCUT2D eigenvalue weighted by Gasteiger charge is 2.62. The number of aliphatic carboxylic acids is 1. The van der Waals surface area contributed by atoms with E-state index in [1.54, 1.807) is 0 Å². The first kappa shape index (κ1) is 19.6. The second-order valence-corrected chi connectivity index (χ2v) is 11.2. The lowest BCUT2D eigenvalue weighted by Crippen LogP contribution is -2.53. The number of carboxylic acid groups (broad SMARTS) is 1. The molecule has 0 unspecified atom stereocenters. The van der Waals surface area contributed by atoms with Gasteiger partial charge in [0.2, 0.25) is 0 Å². The Morgan fingerprint density at radius 3 is 2.34 bits per heavy atom. The molecule has 0 aromatic carbocycles. The zero-order valence-electron chi connectivity index (χ0n) is 17.9. The van der Waals surface area contributed by atoms with Crippen LogP contribution < -0.4 is 0 Å². The molecule has 4 nitrogen and oxygen atoms in total. The molecule has 5 fully saturated rings. The quantitative estimate of drug-likeness (QED) is 0.353. The Labute approximate surface area is 174 Å². The summed E-state index contributed by atoms with van der Waals surface area (Å²) in [5.74, 6) is 4.62. The molecule has 4 heteroatoms. The smallest absolute Gasteiger partial charge is 0.309 e. The average Bonchev–Trinajstić information content (AvgIpc) is 3.14. The Morgan fingerprint density at radius 1 is 0.966 bits per heavy atom. The Hall–Kier alpha value is -1.32. The van der Waals surface area contributed by atoms with Gasteiger partial charge in [-0.2, -0.15) is 0 Å². The molecule has 0 aromatic heterocycles. The number of carboxylic acids is 1. The van der Waals surface area contributed by atoms with Crippen molar-refractivity contribution < 1.29 is 15.1 Å². The largest absolute Gasteiger partial charge is 0.481 e. The molecule has 0 saturated heterocycles. The van der Waals surface area contributed by atoms with Crippen LogP contribution in [0.1, 0.15) is 77.6 Å². The number of oxime groups is 1. The van der Waals surface area contributed by atoms with Gasteiger partial charge in [-0.25, -0.2) is 0 Å². The minimum atomic E-state index is -0.529. The van der Waals surface area contributed by atoms with E-state index in [1.807, 2.05) is 0 Å². The van der Waals surface area contributed by atoms with Crippen molar-refractivity contribution in [2.45, 2.75) is 77.6 Å². The van der Waals surface area contributed by atoms with E-state index in [1.165, 1.54) is 37.7 Å². The molecular weight excluding hydrogens is 362 g/mol. The molecule has 0 spiro atoms. The van der Waals surface area contributed by atoms with Crippen molar-refractivity contribution in [3.63, 3.8) is 0 Å². The Balaban J connectivity index is 1.41. The van der Waals surface area contributed by atoms with Gasteiger partial charge in [0.05, 0.1) is 11.1 Å². The zero-order chi connectivity index (χ0) is 20.3. The highest BCUT2D eigenvalue weighted by Crippen LogP contribution is 2.66. The van der Waals surface area contributed by atoms with Gasteiger partial charge in [-0.1, -0.05) is 17.3 Å². The molecule has 29 heavy (non-hydrogen) atoms. The number of hydrogen-bond acceptors (Lipinski definition) is 3. The van der Waals surface area contributed by atoms with Crippen molar-refractivity contribution in [1.82, 2.24) is 0 Å². The fourth-order valence-corrected chi connectivity index (χ4v) is 9.26. The van der Waals surface area contributed by atoms with E-state index in [4.69, 9.17) is 0 Å². The summed E-state index contributed by atoms with van der Waals surface area (Å²) in [5, 5.41) is 23.0. The van der Waals surface area contributed by atoms with Crippen LogP contribution >= 0.6 is 0 Å². The van der Waals surface area contributed by atoms with E-state index >= 15 is 0 Å². The van der Waals surface area contributed by atoms with Gasteiger partial charge in [0.25, 0.3) is 0 Å². The Bertz CT molecular complexity index is 730. The van der Waals surface area contributed by atoms with E-state index in [0.29, 0.717) is 23.7 Å².